The first-order valence-electron chi connectivity index (χ1n) is 5.72. The summed E-state index contributed by atoms with van der Waals surface area (Å²) in [4.78, 5) is 11.5. The Labute approximate surface area is 94.8 Å². The summed E-state index contributed by atoms with van der Waals surface area (Å²) in [7, 11) is 1.42. The lowest BCUT2D eigenvalue weighted by molar-refractivity contribution is 0.0600. The summed E-state index contributed by atoms with van der Waals surface area (Å²) in [5.74, 6) is -0.246. The molecular weight excluding hydrogens is 202 g/mol. The van der Waals surface area contributed by atoms with E-state index in [1.165, 1.54) is 24.7 Å². The number of carbonyl (C=O) groups is 1. The van der Waals surface area contributed by atoms with Gasteiger partial charge in [-0.2, -0.15) is 0 Å². The van der Waals surface area contributed by atoms with E-state index >= 15 is 0 Å². The van der Waals surface area contributed by atoms with Crippen molar-refractivity contribution < 1.29 is 9.53 Å². The van der Waals surface area contributed by atoms with Crippen molar-refractivity contribution in [1.82, 2.24) is 5.32 Å². The van der Waals surface area contributed by atoms with Crippen molar-refractivity contribution >= 4 is 5.97 Å². The average Bonchev–Trinajstić information content (AvgIpc) is 2.66. The van der Waals surface area contributed by atoms with Crippen LogP contribution in [0.1, 0.15) is 34.3 Å². The number of rotatable bonds is 1. The third kappa shape index (κ3) is 1.21. The zero-order chi connectivity index (χ0) is 11.2. The molecule has 0 bridgehead atoms. The molecule has 1 fully saturated rings. The van der Waals surface area contributed by atoms with Crippen molar-refractivity contribution in [1.29, 1.82) is 0 Å². The first-order valence-corrected chi connectivity index (χ1v) is 5.72. The molecule has 84 valence electrons. The molecule has 0 unspecified atom stereocenters. The number of benzene rings is 1. The average molecular weight is 217 g/mol. The number of fused-ring (bicyclic) bond motifs is 2. The standard InChI is InChI=1S/C13H15NO2/c1-16-12(15)10-3-2-9-4-5-13(6-7-14-13)11(9)8-10/h2-3,8,14H,4-7H2,1H3/t13-/m0/s1. The third-order valence-corrected chi connectivity index (χ3v) is 3.88. The van der Waals surface area contributed by atoms with Crippen LogP contribution in [0.5, 0.6) is 0 Å². The van der Waals surface area contributed by atoms with Crippen molar-refractivity contribution in [2.24, 2.45) is 0 Å². The highest BCUT2D eigenvalue weighted by Gasteiger charge is 2.43. The van der Waals surface area contributed by atoms with Crippen LogP contribution in [0, 0.1) is 0 Å². The molecular formula is C13H15NO2. The van der Waals surface area contributed by atoms with Gasteiger partial charge in [-0.1, -0.05) is 6.07 Å². The summed E-state index contributed by atoms with van der Waals surface area (Å²) in [6.07, 6.45) is 3.46. The molecule has 1 saturated heterocycles. The molecule has 1 aliphatic carbocycles. The van der Waals surface area contributed by atoms with Gasteiger partial charge in [0.1, 0.15) is 0 Å². The van der Waals surface area contributed by atoms with Gasteiger partial charge in [-0.25, -0.2) is 4.79 Å². The molecule has 16 heavy (non-hydrogen) atoms. The highest BCUT2D eigenvalue weighted by Crippen LogP contribution is 2.43. The fraction of sp³-hybridized carbons (Fsp3) is 0.462. The number of carbonyl (C=O) groups excluding carboxylic acids is 1. The minimum Gasteiger partial charge on any atom is -0.465 e. The molecule has 1 aliphatic heterocycles. The molecule has 0 radical (unpaired) electrons. The zero-order valence-corrected chi connectivity index (χ0v) is 9.38. The molecule has 3 nitrogen and oxygen atoms in total. The molecule has 1 N–H and O–H groups in total. The highest BCUT2D eigenvalue weighted by atomic mass is 16.5. The van der Waals surface area contributed by atoms with Crippen LogP contribution >= 0.6 is 0 Å². The molecule has 2 aliphatic rings. The van der Waals surface area contributed by atoms with Crippen molar-refractivity contribution in [2.75, 3.05) is 13.7 Å². The number of aryl methyl sites for hydroxylation is 1. The molecule has 0 aromatic heterocycles. The Balaban J connectivity index is 2.03. The fourth-order valence-corrected chi connectivity index (χ4v) is 2.84. The van der Waals surface area contributed by atoms with E-state index in [1.807, 2.05) is 12.1 Å². The number of hydrogen-bond donors (Lipinski definition) is 1. The van der Waals surface area contributed by atoms with Gasteiger partial charge >= 0.3 is 5.97 Å². The SMILES string of the molecule is COC(=O)c1ccc2c(c1)[C@@]1(CCN1)CC2. The van der Waals surface area contributed by atoms with Crippen LogP contribution in [0.25, 0.3) is 0 Å². The van der Waals surface area contributed by atoms with E-state index in [0.29, 0.717) is 5.56 Å². The normalized spacial score (nSPS) is 26.3. The smallest absolute Gasteiger partial charge is 0.337 e. The third-order valence-electron chi connectivity index (χ3n) is 3.88. The molecule has 1 spiro atoms. The Kier molecular flexibility index (Phi) is 2.04. The number of hydrogen-bond acceptors (Lipinski definition) is 3. The Bertz CT molecular complexity index is 449. The van der Waals surface area contributed by atoms with Crippen molar-refractivity contribution in [3.05, 3.63) is 34.9 Å². The summed E-state index contributed by atoms with van der Waals surface area (Å²) in [6.45, 7) is 1.09. The van der Waals surface area contributed by atoms with E-state index in [-0.39, 0.29) is 11.5 Å². The van der Waals surface area contributed by atoms with Gasteiger partial charge in [-0.05, 0) is 49.1 Å². The van der Waals surface area contributed by atoms with Crippen molar-refractivity contribution in [3.63, 3.8) is 0 Å². The summed E-state index contributed by atoms with van der Waals surface area (Å²) < 4.78 is 4.76. The molecule has 3 rings (SSSR count). The van der Waals surface area contributed by atoms with Gasteiger partial charge in [-0.3, -0.25) is 0 Å². The number of esters is 1. The monoisotopic (exact) mass is 217 g/mol. The summed E-state index contributed by atoms with van der Waals surface area (Å²) in [5.41, 5.74) is 3.51. The van der Waals surface area contributed by atoms with Crippen LogP contribution in [0.4, 0.5) is 0 Å². The van der Waals surface area contributed by atoms with Gasteiger partial charge in [0.2, 0.25) is 0 Å². The summed E-state index contributed by atoms with van der Waals surface area (Å²) >= 11 is 0. The van der Waals surface area contributed by atoms with Crippen molar-refractivity contribution in [2.45, 2.75) is 24.8 Å². The lowest BCUT2D eigenvalue weighted by atomic mass is 9.82. The Morgan fingerprint density at radius 2 is 2.25 bits per heavy atom. The molecule has 3 heteroatoms. The van der Waals surface area contributed by atoms with Gasteiger partial charge in [0.05, 0.1) is 12.7 Å². The van der Waals surface area contributed by atoms with Crippen LogP contribution in [0.2, 0.25) is 0 Å². The first-order chi connectivity index (χ1) is 7.75. The second-order valence-corrected chi connectivity index (χ2v) is 4.62. The molecule has 1 aromatic carbocycles. The van der Waals surface area contributed by atoms with Crippen molar-refractivity contribution in [3.8, 4) is 0 Å². The topological polar surface area (TPSA) is 38.3 Å². The first kappa shape index (κ1) is 9.85. The van der Waals surface area contributed by atoms with E-state index in [1.54, 1.807) is 0 Å². The number of ether oxygens (including phenoxy) is 1. The minimum absolute atomic E-state index is 0.166. The quantitative estimate of drug-likeness (QED) is 0.726. The molecule has 0 saturated carbocycles. The van der Waals surface area contributed by atoms with Gasteiger partial charge in [0.25, 0.3) is 0 Å². The van der Waals surface area contributed by atoms with Gasteiger partial charge in [0.15, 0.2) is 0 Å². The summed E-state index contributed by atoms with van der Waals surface area (Å²) in [5, 5.41) is 3.51. The number of nitrogens with one attached hydrogen (secondary N) is 1. The Morgan fingerprint density at radius 1 is 1.44 bits per heavy atom. The van der Waals surface area contributed by atoms with E-state index in [4.69, 9.17) is 4.74 Å². The zero-order valence-electron chi connectivity index (χ0n) is 9.38. The maximum atomic E-state index is 11.5. The molecule has 1 atom stereocenters. The van der Waals surface area contributed by atoms with Crippen LogP contribution in [-0.4, -0.2) is 19.6 Å². The lowest BCUT2D eigenvalue weighted by Crippen LogP contribution is -2.52. The second-order valence-electron chi connectivity index (χ2n) is 4.62. The fourth-order valence-electron chi connectivity index (χ4n) is 2.84. The van der Waals surface area contributed by atoms with E-state index in [0.717, 1.165) is 19.4 Å². The molecule has 0 amide bonds. The van der Waals surface area contributed by atoms with Crippen LogP contribution in [-0.2, 0) is 16.7 Å². The maximum Gasteiger partial charge on any atom is 0.337 e. The predicted octanol–water partition coefficient (Wildman–Crippen LogP) is 1.61. The van der Waals surface area contributed by atoms with Crippen LogP contribution in [0.15, 0.2) is 18.2 Å². The second kappa shape index (κ2) is 3.32. The van der Waals surface area contributed by atoms with E-state index in [2.05, 4.69) is 11.4 Å². The van der Waals surface area contributed by atoms with Gasteiger partial charge < -0.3 is 10.1 Å². The minimum atomic E-state index is -0.246. The van der Waals surface area contributed by atoms with E-state index in [9.17, 15) is 4.79 Å². The van der Waals surface area contributed by atoms with Gasteiger partial charge in [0, 0.05) is 5.54 Å². The summed E-state index contributed by atoms with van der Waals surface area (Å²) in [6, 6.07) is 5.93. The lowest BCUT2D eigenvalue weighted by Gasteiger charge is -2.41. The van der Waals surface area contributed by atoms with Gasteiger partial charge in [-0.15, -0.1) is 0 Å². The Hall–Kier alpha value is -1.35. The highest BCUT2D eigenvalue weighted by molar-refractivity contribution is 5.89. The molecule has 1 heterocycles. The number of methoxy groups -OCH3 is 1. The largest absolute Gasteiger partial charge is 0.465 e. The molecule has 1 aromatic rings. The van der Waals surface area contributed by atoms with Crippen LogP contribution in [0.3, 0.4) is 0 Å². The Morgan fingerprint density at radius 3 is 2.88 bits per heavy atom. The van der Waals surface area contributed by atoms with E-state index < -0.39 is 0 Å². The predicted molar refractivity (Wildman–Crippen MR) is 60.4 cm³/mol. The maximum absolute atomic E-state index is 11.5. The van der Waals surface area contributed by atoms with Crippen LogP contribution < -0.4 is 5.32 Å².